The maximum Gasteiger partial charge on any atom is 0.416 e. The molecule has 0 fully saturated rings. The molecule has 0 spiro atoms. The van der Waals surface area contributed by atoms with Crippen molar-refractivity contribution in [1.29, 1.82) is 0 Å². The number of alkyl halides is 3. The molecule has 0 aliphatic carbocycles. The lowest BCUT2D eigenvalue weighted by Crippen LogP contribution is -2.32. The van der Waals surface area contributed by atoms with E-state index in [0.717, 1.165) is 25.0 Å². The van der Waals surface area contributed by atoms with Crippen LogP contribution in [0.4, 0.5) is 13.2 Å². The molecule has 0 saturated heterocycles. The van der Waals surface area contributed by atoms with Gasteiger partial charge in [-0.05, 0) is 42.3 Å². The monoisotopic (exact) mass is 436 g/mol. The summed E-state index contributed by atoms with van der Waals surface area (Å²) in [6.07, 6.45) is -2.36. The maximum absolute atomic E-state index is 12.9. The van der Waals surface area contributed by atoms with Crippen LogP contribution < -0.4 is 4.74 Å². The Bertz CT molecular complexity index is 898. The first-order valence-corrected chi connectivity index (χ1v) is 10.7. The van der Waals surface area contributed by atoms with Crippen LogP contribution in [0.15, 0.2) is 53.5 Å². The molecule has 1 heterocycles. The number of carbonyl (C=O) groups excluding carboxylic acids is 1. The smallest absolute Gasteiger partial charge is 0.416 e. The van der Waals surface area contributed by atoms with Gasteiger partial charge in [-0.1, -0.05) is 43.3 Å². The molecular weight excluding hydrogens is 413 g/mol. The zero-order valence-electron chi connectivity index (χ0n) is 16.6. The number of halogens is 3. The first-order chi connectivity index (χ1) is 14.4. The van der Waals surface area contributed by atoms with Gasteiger partial charge in [0, 0.05) is 17.9 Å². The number of thioether (sulfide) groups is 1. The molecule has 1 amide bonds. The van der Waals surface area contributed by atoms with Gasteiger partial charge in [0.05, 0.1) is 18.7 Å². The number of amides is 1. The number of rotatable bonds is 7. The fourth-order valence-corrected chi connectivity index (χ4v) is 3.90. The van der Waals surface area contributed by atoms with Crippen LogP contribution >= 0.6 is 11.8 Å². The molecule has 4 nitrogen and oxygen atoms in total. The number of ether oxygens (including phenoxy) is 1. The Labute approximate surface area is 178 Å². The number of amidine groups is 1. The highest BCUT2D eigenvalue weighted by molar-refractivity contribution is 8.13. The zero-order valence-corrected chi connectivity index (χ0v) is 17.4. The molecule has 1 aliphatic heterocycles. The van der Waals surface area contributed by atoms with Crippen LogP contribution in [0.1, 0.15) is 41.3 Å². The van der Waals surface area contributed by atoms with E-state index in [2.05, 4.69) is 11.9 Å². The zero-order chi connectivity index (χ0) is 21.6. The Morgan fingerprint density at radius 2 is 1.97 bits per heavy atom. The molecule has 1 aliphatic rings. The lowest BCUT2D eigenvalue weighted by atomic mass is 10.1. The van der Waals surface area contributed by atoms with Crippen molar-refractivity contribution in [3.63, 3.8) is 0 Å². The highest BCUT2D eigenvalue weighted by Crippen LogP contribution is 2.31. The third-order valence-electron chi connectivity index (χ3n) is 4.54. The lowest BCUT2D eigenvalue weighted by molar-refractivity contribution is -0.137. The van der Waals surface area contributed by atoms with E-state index in [1.54, 1.807) is 35.2 Å². The summed E-state index contributed by atoms with van der Waals surface area (Å²) in [5.74, 6) is 0.841. The SMILES string of the molecule is CCCCOc1ccc(C(=O)N2CCN=C2SCc2cccc(C(F)(F)F)c2)cc1. The fraction of sp³-hybridized carbons (Fsp3) is 0.364. The predicted molar refractivity (Wildman–Crippen MR) is 113 cm³/mol. The molecule has 0 N–H and O–H groups in total. The summed E-state index contributed by atoms with van der Waals surface area (Å²) >= 11 is 1.27. The number of hydrogen-bond donors (Lipinski definition) is 0. The number of carbonyl (C=O) groups is 1. The van der Waals surface area contributed by atoms with E-state index in [1.165, 1.54) is 17.8 Å². The van der Waals surface area contributed by atoms with Gasteiger partial charge in [-0.15, -0.1) is 0 Å². The Balaban J connectivity index is 1.61. The first kappa shape index (κ1) is 22.2. The van der Waals surface area contributed by atoms with Crippen molar-refractivity contribution >= 4 is 22.8 Å². The summed E-state index contributed by atoms with van der Waals surface area (Å²) in [5, 5.41) is 0.528. The van der Waals surface area contributed by atoms with Crippen molar-refractivity contribution in [2.75, 3.05) is 19.7 Å². The molecule has 0 unspecified atom stereocenters. The van der Waals surface area contributed by atoms with Crippen LogP contribution in [-0.2, 0) is 11.9 Å². The largest absolute Gasteiger partial charge is 0.494 e. The van der Waals surface area contributed by atoms with E-state index >= 15 is 0 Å². The van der Waals surface area contributed by atoms with Gasteiger partial charge in [-0.25, -0.2) is 0 Å². The second-order valence-corrected chi connectivity index (χ2v) is 7.78. The topological polar surface area (TPSA) is 41.9 Å². The molecule has 2 aromatic rings. The van der Waals surface area contributed by atoms with Gasteiger partial charge < -0.3 is 4.74 Å². The molecule has 30 heavy (non-hydrogen) atoms. The predicted octanol–water partition coefficient (Wildman–Crippen LogP) is 5.63. The van der Waals surface area contributed by atoms with Crippen LogP contribution in [0.5, 0.6) is 5.75 Å². The standard InChI is InChI=1S/C22H23F3N2O2S/c1-2-3-13-29-19-9-7-17(8-10-19)20(28)27-12-11-26-21(27)30-15-16-5-4-6-18(14-16)22(23,24)25/h4-10,14H,2-3,11-13,15H2,1H3. The van der Waals surface area contributed by atoms with Crippen molar-refractivity contribution in [1.82, 2.24) is 4.90 Å². The van der Waals surface area contributed by atoms with Gasteiger partial charge in [0.15, 0.2) is 5.17 Å². The van der Waals surface area contributed by atoms with Crippen LogP contribution in [0.3, 0.4) is 0 Å². The summed E-state index contributed by atoms with van der Waals surface area (Å²) < 4.78 is 44.3. The van der Waals surface area contributed by atoms with Gasteiger partial charge in [0.25, 0.3) is 5.91 Å². The molecule has 0 saturated carbocycles. The summed E-state index contributed by atoms with van der Waals surface area (Å²) in [5.41, 5.74) is 0.376. The van der Waals surface area contributed by atoms with E-state index in [0.29, 0.717) is 47.5 Å². The third-order valence-corrected chi connectivity index (χ3v) is 5.62. The second kappa shape index (κ2) is 10.0. The highest BCUT2D eigenvalue weighted by Gasteiger charge is 2.30. The Hall–Kier alpha value is -2.48. The molecule has 160 valence electrons. The molecule has 0 atom stereocenters. The maximum atomic E-state index is 12.9. The lowest BCUT2D eigenvalue weighted by Gasteiger charge is -2.18. The summed E-state index contributed by atoms with van der Waals surface area (Å²) in [6.45, 7) is 3.66. The van der Waals surface area contributed by atoms with Gasteiger partial charge in [0.1, 0.15) is 5.75 Å². The average molecular weight is 436 g/mol. The van der Waals surface area contributed by atoms with Crippen molar-refractivity contribution in [3.8, 4) is 5.75 Å². The molecule has 0 aromatic heterocycles. The van der Waals surface area contributed by atoms with Crippen LogP contribution in [0.25, 0.3) is 0 Å². The van der Waals surface area contributed by atoms with Gasteiger partial charge >= 0.3 is 6.18 Å². The van der Waals surface area contributed by atoms with Gasteiger partial charge in [-0.2, -0.15) is 13.2 Å². The third kappa shape index (κ3) is 5.78. The minimum absolute atomic E-state index is 0.178. The average Bonchev–Trinajstić information content (AvgIpc) is 3.21. The number of benzene rings is 2. The Kier molecular flexibility index (Phi) is 7.42. The molecule has 8 heteroatoms. The molecule has 0 bridgehead atoms. The van der Waals surface area contributed by atoms with E-state index in [4.69, 9.17) is 4.74 Å². The van der Waals surface area contributed by atoms with E-state index in [9.17, 15) is 18.0 Å². The number of nitrogens with zero attached hydrogens (tertiary/aromatic N) is 2. The van der Waals surface area contributed by atoms with Gasteiger partial charge in [0.2, 0.25) is 0 Å². The number of unbranched alkanes of at least 4 members (excludes halogenated alkanes) is 1. The highest BCUT2D eigenvalue weighted by atomic mass is 32.2. The number of aliphatic imine (C=N–C) groups is 1. The molecule has 0 radical (unpaired) electrons. The van der Waals surface area contributed by atoms with Crippen LogP contribution in [-0.4, -0.2) is 35.7 Å². The summed E-state index contributed by atoms with van der Waals surface area (Å²) in [4.78, 5) is 18.8. The van der Waals surface area contributed by atoms with Crippen molar-refractivity contribution in [3.05, 3.63) is 65.2 Å². The first-order valence-electron chi connectivity index (χ1n) is 9.76. The Morgan fingerprint density at radius 1 is 1.20 bits per heavy atom. The van der Waals surface area contributed by atoms with Crippen molar-refractivity contribution < 1.29 is 22.7 Å². The van der Waals surface area contributed by atoms with Crippen LogP contribution in [0, 0.1) is 0 Å². The normalized spacial score (nSPS) is 14.0. The summed E-state index contributed by atoms with van der Waals surface area (Å²) in [7, 11) is 0. The van der Waals surface area contributed by atoms with Gasteiger partial charge in [-0.3, -0.25) is 14.7 Å². The van der Waals surface area contributed by atoms with E-state index in [1.807, 2.05) is 0 Å². The second-order valence-electron chi connectivity index (χ2n) is 6.83. The molecular formula is C22H23F3N2O2S. The minimum Gasteiger partial charge on any atom is -0.494 e. The Morgan fingerprint density at radius 3 is 2.67 bits per heavy atom. The van der Waals surface area contributed by atoms with E-state index < -0.39 is 11.7 Å². The quantitative estimate of drug-likeness (QED) is 0.529. The van der Waals surface area contributed by atoms with Crippen molar-refractivity contribution in [2.45, 2.75) is 31.7 Å². The minimum atomic E-state index is -4.38. The van der Waals surface area contributed by atoms with Crippen LogP contribution in [0.2, 0.25) is 0 Å². The van der Waals surface area contributed by atoms with E-state index in [-0.39, 0.29) is 5.91 Å². The molecule has 3 rings (SSSR count). The summed E-state index contributed by atoms with van der Waals surface area (Å²) in [6, 6.07) is 12.2. The van der Waals surface area contributed by atoms with Crippen molar-refractivity contribution in [2.24, 2.45) is 4.99 Å². The molecule has 2 aromatic carbocycles. The number of hydrogen-bond acceptors (Lipinski definition) is 4. The fourth-order valence-electron chi connectivity index (χ4n) is 2.91.